The summed E-state index contributed by atoms with van der Waals surface area (Å²) in [5.74, 6) is -0.772. The Morgan fingerprint density at radius 2 is 2.36 bits per heavy atom. The Morgan fingerprint density at radius 1 is 1.73 bits per heavy atom. The molecule has 3 heteroatoms. The Morgan fingerprint density at radius 3 is 2.82 bits per heavy atom. The largest absolute Gasteiger partial charge is 0.480 e. The molecule has 0 aromatic heterocycles. The molecule has 0 aliphatic heterocycles. The number of unbranched alkanes of at least 4 members (excludes halogenated alkanes) is 1. The lowest BCUT2D eigenvalue weighted by Crippen LogP contribution is -2.26. The first kappa shape index (κ1) is 10.2. The average molecular weight is 157 g/mol. The monoisotopic (exact) mass is 157 g/mol. The SMILES string of the molecule is C=CCCCN(C)CC(=O)O. The predicted octanol–water partition coefficient (Wildman–Crippen LogP) is 0.969. The van der Waals surface area contributed by atoms with Crippen LogP contribution >= 0.6 is 0 Å². The van der Waals surface area contributed by atoms with Crippen molar-refractivity contribution in [1.82, 2.24) is 4.90 Å². The number of rotatable bonds is 6. The van der Waals surface area contributed by atoms with Gasteiger partial charge in [0.25, 0.3) is 0 Å². The van der Waals surface area contributed by atoms with Crippen molar-refractivity contribution in [2.75, 3.05) is 20.1 Å². The number of nitrogens with zero attached hydrogens (tertiary/aromatic N) is 1. The van der Waals surface area contributed by atoms with Crippen LogP contribution in [0.1, 0.15) is 12.8 Å². The van der Waals surface area contributed by atoms with Gasteiger partial charge >= 0.3 is 5.97 Å². The number of likely N-dealkylation sites (N-methyl/N-ethyl adjacent to an activating group) is 1. The van der Waals surface area contributed by atoms with Gasteiger partial charge in [0.15, 0.2) is 0 Å². The third kappa shape index (κ3) is 7.06. The van der Waals surface area contributed by atoms with Crippen molar-refractivity contribution in [2.24, 2.45) is 0 Å². The van der Waals surface area contributed by atoms with E-state index < -0.39 is 5.97 Å². The molecule has 0 bridgehead atoms. The van der Waals surface area contributed by atoms with Crippen molar-refractivity contribution in [2.45, 2.75) is 12.8 Å². The summed E-state index contributed by atoms with van der Waals surface area (Å²) in [6.45, 7) is 4.52. The maximum Gasteiger partial charge on any atom is 0.317 e. The molecule has 0 amide bonds. The van der Waals surface area contributed by atoms with Crippen LogP contribution in [0.25, 0.3) is 0 Å². The van der Waals surface area contributed by atoms with Crippen LogP contribution in [0.3, 0.4) is 0 Å². The van der Waals surface area contributed by atoms with E-state index in [1.165, 1.54) is 0 Å². The van der Waals surface area contributed by atoms with Crippen molar-refractivity contribution in [1.29, 1.82) is 0 Å². The fraction of sp³-hybridized carbons (Fsp3) is 0.625. The lowest BCUT2D eigenvalue weighted by molar-refractivity contribution is -0.137. The minimum Gasteiger partial charge on any atom is -0.480 e. The molecule has 0 fully saturated rings. The fourth-order valence-electron chi connectivity index (χ4n) is 0.816. The van der Waals surface area contributed by atoms with Crippen molar-refractivity contribution >= 4 is 5.97 Å². The van der Waals surface area contributed by atoms with Gasteiger partial charge in [-0.1, -0.05) is 6.08 Å². The van der Waals surface area contributed by atoms with Crippen LogP contribution in [0.5, 0.6) is 0 Å². The van der Waals surface area contributed by atoms with E-state index in [0.717, 1.165) is 19.4 Å². The first-order valence-electron chi connectivity index (χ1n) is 3.68. The summed E-state index contributed by atoms with van der Waals surface area (Å²) in [5, 5.41) is 8.38. The number of carboxylic acids is 1. The number of aliphatic carboxylic acids is 1. The molecule has 0 aliphatic carbocycles. The zero-order chi connectivity index (χ0) is 8.69. The highest BCUT2D eigenvalue weighted by atomic mass is 16.4. The van der Waals surface area contributed by atoms with Crippen LogP contribution in [-0.2, 0) is 4.79 Å². The summed E-state index contributed by atoms with van der Waals surface area (Å²) >= 11 is 0. The molecular weight excluding hydrogens is 142 g/mol. The molecule has 11 heavy (non-hydrogen) atoms. The lowest BCUT2D eigenvalue weighted by atomic mass is 10.3. The van der Waals surface area contributed by atoms with Crippen LogP contribution in [0.15, 0.2) is 12.7 Å². The molecule has 0 aromatic carbocycles. The Labute approximate surface area is 67.3 Å². The smallest absolute Gasteiger partial charge is 0.317 e. The van der Waals surface area contributed by atoms with E-state index in [9.17, 15) is 4.79 Å². The van der Waals surface area contributed by atoms with E-state index in [2.05, 4.69) is 6.58 Å². The first-order valence-corrected chi connectivity index (χ1v) is 3.68. The predicted molar refractivity (Wildman–Crippen MR) is 44.6 cm³/mol. The van der Waals surface area contributed by atoms with Crippen molar-refractivity contribution in [3.8, 4) is 0 Å². The van der Waals surface area contributed by atoms with Crippen molar-refractivity contribution < 1.29 is 9.90 Å². The molecule has 0 spiro atoms. The van der Waals surface area contributed by atoms with Crippen LogP contribution in [0.2, 0.25) is 0 Å². The molecule has 0 rings (SSSR count). The summed E-state index contributed by atoms with van der Waals surface area (Å²) in [6.07, 6.45) is 3.77. The molecule has 64 valence electrons. The summed E-state index contributed by atoms with van der Waals surface area (Å²) in [7, 11) is 1.80. The van der Waals surface area contributed by atoms with Gasteiger partial charge < -0.3 is 5.11 Å². The van der Waals surface area contributed by atoms with Gasteiger partial charge in [0.2, 0.25) is 0 Å². The van der Waals surface area contributed by atoms with E-state index in [1.54, 1.807) is 11.9 Å². The van der Waals surface area contributed by atoms with E-state index in [-0.39, 0.29) is 6.54 Å². The highest BCUT2D eigenvalue weighted by Gasteiger charge is 2.01. The number of hydrogen-bond acceptors (Lipinski definition) is 2. The van der Waals surface area contributed by atoms with Crippen LogP contribution < -0.4 is 0 Å². The topological polar surface area (TPSA) is 40.5 Å². The Bertz CT molecular complexity index is 134. The van der Waals surface area contributed by atoms with Crippen LogP contribution in [-0.4, -0.2) is 36.1 Å². The third-order valence-electron chi connectivity index (χ3n) is 1.35. The van der Waals surface area contributed by atoms with Gasteiger partial charge in [-0.2, -0.15) is 0 Å². The van der Waals surface area contributed by atoms with Crippen molar-refractivity contribution in [3.05, 3.63) is 12.7 Å². The summed E-state index contributed by atoms with van der Waals surface area (Å²) in [6, 6.07) is 0. The maximum absolute atomic E-state index is 10.2. The zero-order valence-corrected chi connectivity index (χ0v) is 6.92. The van der Waals surface area contributed by atoms with Crippen LogP contribution in [0.4, 0.5) is 0 Å². The molecule has 0 unspecified atom stereocenters. The van der Waals surface area contributed by atoms with Gasteiger partial charge in [0.1, 0.15) is 0 Å². The Kier molecular flexibility index (Phi) is 5.47. The van der Waals surface area contributed by atoms with Crippen LogP contribution in [0, 0.1) is 0 Å². The maximum atomic E-state index is 10.2. The second-order valence-electron chi connectivity index (χ2n) is 2.56. The first-order chi connectivity index (χ1) is 5.16. The van der Waals surface area contributed by atoms with Gasteiger partial charge in [-0.3, -0.25) is 9.69 Å². The lowest BCUT2D eigenvalue weighted by Gasteiger charge is -2.12. The second kappa shape index (κ2) is 5.92. The fourth-order valence-corrected chi connectivity index (χ4v) is 0.816. The molecule has 0 aliphatic rings. The molecular formula is C8H15NO2. The van der Waals surface area contributed by atoms with E-state index in [0.29, 0.717) is 0 Å². The number of carboxylic acid groups (broad SMARTS) is 1. The Hall–Kier alpha value is -0.830. The summed E-state index contributed by atoms with van der Waals surface area (Å²) in [5.41, 5.74) is 0. The summed E-state index contributed by atoms with van der Waals surface area (Å²) < 4.78 is 0. The van der Waals surface area contributed by atoms with Gasteiger partial charge in [0, 0.05) is 0 Å². The standard InChI is InChI=1S/C8H15NO2/c1-3-4-5-6-9(2)7-8(10)11/h3H,1,4-7H2,2H3,(H,10,11). The number of allylic oxidation sites excluding steroid dienone is 1. The third-order valence-corrected chi connectivity index (χ3v) is 1.35. The van der Waals surface area contributed by atoms with Gasteiger partial charge in [-0.05, 0) is 26.4 Å². The minimum absolute atomic E-state index is 0.122. The molecule has 0 radical (unpaired) electrons. The molecule has 0 atom stereocenters. The molecule has 0 saturated carbocycles. The molecule has 3 nitrogen and oxygen atoms in total. The number of carbonyl (C=O) groups is 1. The second-order valence-corrected chi connectivity index (χ2v) is 2.56. The average Bonchev–Trinajstić information content (AvgIpc) is 1.86. The zero-order valence-electron chi connectivity index (χ0n) is 6.92. The summed E-state index contributed by atoms with van der Waals surface area (Å²) in [4.78, 5) is 12.0. The van der Waals surface area contributed by atoms with Crippen molar-refractivity contribution in [3.63, 3.8) is 0 Å². The quantitative estimate of drug-likeness (QED) is 0.461. The minimum atomic E-state index is -0.772. The van der Waals surface area contributed by atoms with Gasteiger partial charge in [-0.25, -0.2) is 0 Å². The van der Waals surface area contributed by atoms with E-state index in [1.807, 2.05) is 6.08 Å². The highest BCUT2D eigenvalue weighted by Crippen LogP contribution is 1.92. The molecule has 0 aromatic rings. The molecule has 0 saturated heterocycles. The van der Waals surface area contributed by atoms with E-state index >= 15 is 0 Å². The molecule has 0 heterocycles. The normalized spacial score (nSPS) is 10.0. The Balaban J connectivity index is 3.28. The highest BCUT2D eigenvalue weighted by molar-refractivity contribution is 5.68. The number of hydrogen-bond donors (Lipinski definition) is 1. The van der Waals surface area contributed by atoms with Gasteiger partial charge in [0.05, 0.1) is 6.54 Å². The van der Waals surface area contributed by atoms with E-state index in [4.69, 9.17) is 5.11 Å². The molecule has 1 N–H and O–H groups in total. The van der Waals surface area contributed by atoms with Gasteiger partial charge in [-0.15, -0.1) is 6.58 Å².